The average molecular weight is 366 g/mol. The van der Waals surface area contributed by atoms with Gasteiger partial charge >= 0.3 is 5.97 Å². The van der Waals surface area contributed by atoms with Crippen LogP contribution in [0, 0.1) is 0 Å². The second-order valence-electron chi connectivity index (χ2n) is 6.63. The summed E-state index contributed by atoms with van der Waals surface area (Å²) in [5, 5.41) is 14.6. The number of carboxylic acids is 1. The van der Waals surface area contributed by atoms with Crippen molar-refractivity contribution in [3.8, 4) is 0 Å². The average Bonchev–Trinajstić information content (AvgIpc) is 2.96. The Labute approximate surface area is 157 Å². The van der Waals surface area contributed by atoms with E-state index in [-0.39, 0.29) is 29.7 Å². The summed E-state index contributed by atoms with van der Waals surface area (Å²) in [5.74, 6) is -1.43. The molecule has 6 heteroatoms. The fraction of sp³-hybridized carbons (Fsp3) is 0.286. The number of carboxylic acid groups (broad SMARTS) is 1. The first-order valence-electron chi connectivity index (χ1n) is 9.00. The van der Waals surface area contributed by atoms with E-state index in [1.54, 1.807) is 12.1 Å². The summed E-state index contributed by atoms with van der Waals surface area (Å²) in [5.41, 5.74) is 3.97. The molecule has 1 heterocycles. The largest absolute Gasteiger partial charge is 0.478 e. The molecule has 2 amide bonds. The summed E-state index contributed by atoms with van der Waals surface area (Å²) in [7, 11) is 0. The topological polar surface area (TPSA) is 95.5 Å². The van der Waals surface area contributed by atoms with Crippen molar-refractivity contribution in [2.24, 2.45) is 0 Å². The van der Waals surface area contributed by atoms with Crippen molar-refractivity contribution < 1.29 is 19.5 Å². The fourth-order valence-electron chi connectivity index (χ4n) is 3.25. The quantitative estimate of drug-likeness (QED) is 0.702. The van der Waals surface area contributed by atoms with Crippen LogP contribution in [0.4, 0.5) is 5.69 Å². The number of hydrogen-bond acceptors (Lipinski definition) is 3. The molecule has 1 aliphatic heterocycles. The highest BCUT2D eigenvalue weighted by Gasteiger charge is 2.30. The van der Waals surface area contributed by atoms with E-state index in [0.717, 1.165) is 23.2 Å². The summed E-state index contributed by atoms with van der Waals surface area (Å²) in [4.78, 5) is 35.2. The lowest BCUT2D eigenvalue weighted by atomic mass is 9.95. The second kappa shape index (κ2) is 8.03. The molecule has 140 valence electrons. The highest BCUT2D eigenvalue weighted by molar-refractivity contribution is 6.03. The van der Waals surface area contributed by atoms with Crippen LogP contribution in [0.15, 0.2) is 42.5 Å². The minimum atomic E-state index is -0.993. The van der Waals surface area contributed by atoms with Crippen molar-refractivity contribution >= 4 is 23.5 Å². The van der Waals surface area contributed by atoms with Gasteiger partial charge in [0.25, 0.3) is 0 Å². The van der Waals surface area contributed by atoms with Gasteiger partial charge in [-0.3, -0.25) is 9.59 Å². The monoisotopic (exact) mass is 366 g/mol. The maximum atomic E-state index is 12.2. The maximum Gasteiger partial charge on any atom is 0.335 e. The Morgan fingerprint density at radius 3 is 2.48 bits per heavy atom. The van der Waals surface area contributed by atoms with Gasteiger partial charge in [-0.2, -0.15) is 0 Å². The normalized spacial score (nSPS) is 15.1. The van der Waals surface area contributed by atoms with E-state index in [9.17, 15) is 14.4 Å². The zero-order chi connectivity index (χ0) is 19.4. The third-order valence-corrected chi connectivity index (χ3v) is 4.79. The molecule has 0 bridgehead atoms. The molecule has 0 saturated heterocycles. The van der Waals surface area contributed by atoms with E-state index in [4.69, 9.17) is 5.11 Å². The van der Waals surface area contributed by atoms with Crippen LogP contribution < -0.4 is 10.6 Å². The second-order valence-corrected chi connectivity index (χ2v) is 6.63. The molecule has 2 aromatic carbocycles. The first-order valence-corrected chi connectivity index (χ1v) is 9.00. The van der Waals surface area contributed by atoms with Crippen molar-refractivity contribution in [2.45, 2.75) is 32.1 Å². The van der Waals surface area contributed by atoms with Crippen LogP contribution in [-0.4, -0.2) is 29.4 Å². The van der Waals surface area contributed by atoms with Crippen molar-refractivity contribution in [3.63, 3.8) is 0 Å². The number of carbonyl (C=O) groups excluding carboxylic acids is 2. The van der Waals surface area contributed by atoms with Gasteiger partial charge in [-0.25, -0.2) is 4.79 Å². The predicted octanol–water partition coefficient (Wildman–Crippen LogP) is 2.73. The number of rotatable bonds is 7. The Kier molecular flexibility index (Phi) is 5.54. The minimum absolute atomic E-state index is 0.0308. The molecule has 0 fully saturated rings. The van der Waals surface area contributed by atoms with Crippen LogP contribution in [0.1, 0.15) is 46.3 Å². The molecule has 0 radical (unpaired) electrons. The first-order chi connectivity index (χ1) is 13.0. The van der Waals surface area contributed by atoms with Gasteiger partial charge in [0.1, 0.15) is 0 Å². The van der Waals surface area contributed by atoms with E-state index >= 15 is 0 Å². The molecular formula is C21H22N2O4. The van der Waals surface area contributed by atoms with E-state index in [0.29, 0.717) is 13.0 Å². The number of fused-ring (bicyclic) bond motifs is 1. The number of hydrogen-bond donors (Lipinski definition) is 3. The van der Waals surface area contributed by atoms with Gasteiger partial charge in [0, 0.05) is 12.2 Å². The van der Waals surface area contributed by atoms with Crippen LogP contribution in [-0.2, 0) is 22.4 Å². The Balaban J connectivity index is 1.53. The lowest BCUT2D eigenvalue weighted by Gasteiger charge is -2.11. The smallest absolute Gasteiger partial charge is 0.335 e. The zero-order valence-electron chi connectivity index (χ0n) is 15.1. The lowest BCUT2D eigenvalue weighted by molar-refractivity contribution is -0.121. The summed E-state index contributed by atoms with van der Waals surface area (Å²) < 4.78 is 0. The molecule has 1 unspecified atom stereocenters. The van der Waals surface area contributed by atoms with Gasteiger partial charge in [-0.05, 0) is 47.7 Å². The maximum absolute atomic E-state index is 12.2. The molecule has 1 aliphatic rings. The number of amides is 2. The van der Waals surface area contributed by atoms with Crippen molar-refractivity contribution in [2.75, 3.05) is 11.9 Å². The molecule has 6 nitrogen and oxygen atoms in total. The van der Waals surface area contributed by atoms with E-state index in [1.807, 2.05) is 12.1 Å². The van der Waals surface area contributed by atoms with Gasteiger partial charge < -0.3 is 15.7 Å². The number of aryl methyl sites for hydroxylation is 1. The summed E-state index contributed by atoms with van der Waals surface area (Å²) >= 11 is 0. The van der Waals surface area contributed by atoms with Gasteiger partial charge in [0.15, 0.2) is 0 Å². The molecule has 1 atom stereocenters. The van der Waals surface area contributed by atoms with Crippen LogP contribution in [0.3, 0.4) is 0 Å². The number of anilines is 1. The van der Waals surface area contributed by atoms with E-state index in [1.165, 1.54) is 17.7 Å². The number of benzene rings is 2. The minimum Gasteiger partial charge on any atom is -0.478 e. The Morgan fingerprint density at radius 2 is 1.81 bits per heavy atom. The Hall–Kier alpha value is -3.15. The van der Waals surface area contributed by atoms with Gasteiger partial charge in [0.05, 0.1) is 17.9 Å². The molecular weight excluding hydrogens is 344 g/mol. The number of nitrogens with one attached hydrogen (secondary N) is 2. The molecule has 0 spiro atoms. The summed E-state index contributed by atoms with van der Waals surface area (Å²) in [6.07, 6.45) is 1.62. The van der Waals surface area contributed by atoms with Crippen molar-refractivity contribution in [1.29, 1.82) is 0 Å². The number of carbonyl (C=O) groups is 3. The molecule has 3 N–H and O–H groups in total. The highest BCUT2D eigenvalue weighted by Crippen LogP contribution is 2.35. The molecule has 0 saturated carbocycles. The van der Waals surface area contributed by atoms with Crippen LogP contribution >= 0.6 is 0 Å². The molecule has 27 heavy (non-hydrogen) atoms. The van der Waals surface area contributed by atoms with Gasteiger partial charge in [0.2, 0.25) is 11.8 Å². The zero-order valence-corrected chi connectivity index (χ0v) is 15.1. The lowest BCUT2D eigenvalue weighted by Crippen LogP contribution is -2.28. The van der Waals surface area contributed by atoms with E-state index < -0.39 is 5.97 Å². The molecule has 0 aliphatic carbocycles. The van der Waals surface area contributed by atoms with Crippen molar-refractivity contribution in [1.82, 2.24) is 5.32 Å². The first kappa shape index (κ1) is 18.6. The Bertz CT molecular complexity index is 874. The Morgan fingerprint density at radius 1 is 1.11 bits per heavy atom. The predicted molar refractivity (Wildman–Crippen MR) is 102 cm³/mol. The standard InChI is InChI=1S/C21H22N2O4/c1-2-13-5-8-18-17(11-13)16(20(25)23-18)9-10-22-19(24)12-14-3-6-15(7-4-14)21(26)27/h3-8,11,16H,2,9-10,12H2,1H3,(H,22,24)(H,23,25)(H,26,27). The third kappa shape index (κ3) is 4.34. The van der Waals surface area contributed by atoms with Crippen molar-refractivity contribution in [3.05, 3.63) is 64.7 Å². The third-order valence-electron chi connectivity index (χ3n) is 4.79. The summed E-state index contributed by atoms with van der Waals surface area (Å²) in [6, 6.07) is 12.2. The van der Waals surface area contributed by atoms with Crippen LogP contribution in [0.2, 0.25) is 0 Å². The van der Waals surface area contributed by atoms with E-state index in [2.05, 4.69) is 23.6 Å². The van der Waals surface area contributed by atoms with Crippen LogP contribution in [0.5, 0.6) is 0 Å². The number of aromatic carboxylic acids is 1. The SMILES string of the molecule is CCc1ccc2c(c1)C(CCNC(=O)Cc1ccc(C(=O)O)cc1)C(=O)N2. The van der Waals surface area contributed by atoms with Gasteiger partial charge in [-0.1, -0.05) is 31.2 Å². The van der Waals surface area contributed by atoms with Gasteiger partial charge in [-0.15, -0.1) is 0 Å². The summed E-state index contributed by atoms with van der Waals surface area (Å²) in [6.45, 7) is 2.48. The molecule has 2 aromatic rings. The highest BCUT2D eigenvalue weighted by atomic mass is 16.4. The van der Waals surface area contributed by atoms with Crippen LogP contribution in [0.25, 0.3) is 0 Å². The molecule has 3 rings (SSSR count). The fourth-order valence-corrected chi connectivity index (χ4v) is 3.25. The molecule has 0 aromatic heterocycles.